The lowest BCUT2D eigenvalue weighted by atomic mass is 10.1. The fourth-order valence-corrected chi connectivity index (χ4v) is 4.69. The van der Waals surface area contributed by atoms with Crippen LogP contribution in [-0.2, 0) is 6.42 Å². The van der Waals surface area contributed by atoms with Gasteiger partial charge < -0.3 is 14.8 Å². The summed E-state index contributed by atoms with van der Waals surface area (Å²) in [7, 11) is 3.18. The monoisotopic (exact) mass is 481 g/mol. The molecule has 2 aromatic carbocycles. The highest BCUT2D eigenvalue weighted by Gasteiger charge is 2.22. The molecular weight excluding hydrogens is 458 g/mol. The topological polar surface area (TPSA) is 80.2 Å². The van der Waals surface area contributed by atoms with Crippen molar-refractivity contribution >= 4 is 45.6 Å². The minimum Gasteiger partial charge on any atom is -0.493 e. The Morgan fingerprint density at radius 2 is 1.88 bits per heavy atom. The van der Waals surface area contributed by atoms with Crippen LogP contribution >= 0.6 is 23.1 Å². The summed E-state index contributed by atoms with van der Waals surface area (Å²) in [6, 6.07) is 16.9. The number of thiophene rings is 1. The first-order chi connectivity index (χ1) is 16.1. The maximum Gasteiger partial charge on any atom is 0.302 e. The summed E-state index contributed by atoms with van der Waals surface area (Å²) >= 11 is 2.64. The molecule has 1 N–H and O–H groups in total. The molecule has 0 saturated carbocycles. The van der Waals surface area contributed by atoms with E-state index >= 15 is 0 Å². The van der Waals surface area contributed by atoms with Crippen LogP contribution < -0.4 is 14.8 Å². The number of hydrazone groups is 1. The van der Waals surface area contributed by atoms with Crippen LogP contribution in [0, 0.1) is 0 Å². The Labute approximate surface area is 200 Å². The van der Waals surface area contributed by atoms with Gasteiger partial charge in [0, 0.05) is 23.5 Å². The number of methoxy groups -OCH3 is 2. The maximum absolute atomic E-state index is 12.4. The smallest absolute Gasteiger partial charge is 0.302 e. The quantitative estimate of drug-likeness (QED) is 0.482. The zero-order valence-corrected chi connectivity index (χ0v) is 19.9. The van der Waals surface area contributed by atoms with Gasteiger partial charge in [0.2, 0.25) is 0 Å². The number of anilines is 1. The Hall–Kier alpha value is -3.30. The second-order valence-electron chi connectivity index (χ2n) is 7.17. The van der Waals surface area contributed by atoms with E-state index in [1.807, 2.05) is 53.9 Å². The fourth-order valence-electron chi connectivity index (χ4n) is 3.31. The molecule has 170 valence electrons. The van der Waals surface area contributed by atoms with Crippen molar-refractivity contribution in [1.29, 1.82) is 0 Å². The second kappa shape index (κ2) is 10.5. The van der Waals surface area contributed by atoms with Gasteiger partial charge in [0.25, 0.3) is 5.91 Å². The van der Waals surface area contributed by atoms with Crippen LogP contribution in [0.4, 0.5) is 10.5 Å². The number of thioether (sulfide) groups is 1. The van der Waals surface area contributed by atoms with Crippen molar-refractivity contribution < 1.29 is 19.1 Å². The molecule has 0 atom stereocenters. The number of carbonyl (C=O) groups is 2. The van der Waals surface area contributed by atoms with Crippen molar-refractivity contribution in [3.8, 4) is 11.5 Å². The average Bonchev–Trinajstić information content (AvgIpc) is 3.39. The van der Waals surface area contributed by atoms with Crippen LogP contribution in [0.2, 0.25) is 0 Å². The van der Waals surface area contributed by atoms with Crippen LogP contribution in [0.15, 0.2) is 65.1 Å². The molecule has 0 unspecified atom stereocenters. The van der Waals surface area contributed by atoms with E-state index in [1.165, 1.54) is 28.1 Å². The SMILES string of the molecule is COc1ccc(C2=NN(CCc3ccc(NC(=O)c4cccs4)cc3)C(=O)SC2)cc1OC. The molecular formula is C24H23N3O4S2. The van der Waals surface area contributed by atoms with Crippen molar-refractivity contribution in [3.63, 3.8) is 0 Å². The molecule has 1 aliphatic heterocycles. The molecule has 0 radical (unpaired) electrons. The van der Waals surface area contributed by atoms with E-state index in [9.17, 15) is 9.59 Å². The summed E-state index contributed by atoms with van der Waals surface area (Å²) in [6.07, 6.45) is 0.647. The highest BCUT2D eigenvalue weighted by Crippen LogP contribution is 2.29. The predicted molar refractivity (Wildman–Crippen MR) is 133 cm³/mol. The molecule has 0 bridgehead atoms. The van der Waals surface area contributed by atoms with Crippen molar-refractivity contribution in [2.75, 3.05) is 31.8 Å². The van der Waals surface area contributed by atoms with E-state index in [0.717, 1.165) is 22.5 Å². The van der Waals surface area contributed by atoms with E-state index < -0.39 is 0 Å². The number of nitrogens with zero attached hydrogens (tertiary/aromatic N) is 2. The summed E-state index contributed by atoms with van der Waals surface area (Å²) in [5.74, 6) is 1.65. The lowest BCUT2D eigenvalue weighted by Crippen LogP contribution is -2.31. The molecule has 4 rings (SSSR count). The summed E-state index contributed by atoms with van der Waals surface area (Å²) in [5.41, 5.74) is 3.49. The van der Waals surface area contributed by atoms with Crippen molar-refractivity contribution in [3.05, 3.63) is 76.0 Å². The number of ether oxygens (including phenoxy) is 2. The Morgan fingerprint density at radius 3 is 2.58 bits per heavy atom. The van der Waals surface area contributed by atoms with Gasteiger partial charge in [-0.05, 0) is 53.8 Å². The minimum absolute atomic E-state index is 0.0703. The van der Waals surface area contributed by atoms with Gasteiger partial charge in [0.05, 0.1) is 24.8 Å². The Bertz CT molecular complexity index is 1160. The van der Waals surface area contributed by atoms with Gasteiger partial charge in [-0.3, -0.25) is 9.59 Å². The normalized spacial score (nSPS) is 13.5. The first-order valence-corrected chi connectivity index (χ1v) is 12.1. The van der Waals surface area contributed by atoms with Crippen molar-refractivity contribution in [2.24, 2.45) is 5.10 Å². The van der Waals surface area contributed by atoms with Crippen LogP contribution in [-0.4, -0.2) is 48.4 Å². The number of hydrogen-bond donors (Lipinski definition) is 1. The summed E-state index contributed by atoms with van der Waals surface area (Å²) in [4.78, 5) is 25.2. The molecule has 3 aromatic rings. The molecule has 0 saturated heterocycles. The van der Waals surface area contributed by atoms with Gasteiger partial charge in [-0.1, -0.05) is 30.0 Å². The number of amides is 2. The van der Waals surface area contributed by atoms with E-state index in [0.29, 0.717) is 35.1 Å². The standard InChI is InChI=1S/C24H23N3O4S2/c1-30-20-10-7-17(14-21(20)31-2)19-15-33-24(29)27(26-19)12-11-16-5-8-18(9-6-16)25-23(28)22-4-3-13-32-22/h3-10,13-14H,11-12,15H2,1-2H3,(H,25,28). The molecule has 7 nitrogen and oxygen atoms in total. The lowest BCUT2D eigenvalue weighted by Gasteiger charge is -2.23. The number of rotatable bonds is 8. The Balaban J connectivity index is 1.40. The molecule has 2 amide bonds. The second-order valence-corrected chi connectivity index (χ2v) is 9.05. The molecule has 2 heterocycles. The molecule has 1 aliphatic rings. The first-order valence-electron chi connectivity index (χ1n) is 10.3. The third-order valence-corrected chi connectivity index (χ3v) is 6.81. The van der Waals surface area contributed by atoms with E-state index in [4.69, 9.17) is 9.47 Å². The van der Waals surface area contributed by atoms with Crippen LogP contribution in [0.5, 0.6) is 11.5 Å². The summed E-state index contributed by atoms with van der Waals surface area (Å²) in [5, 5.41) is 10.8. The average molecular weight is 482 g/mol. The third kappa shape index (κ3) is 5.55. The van der Waals surface area contributed by atoms with Crippen LogP contribution in [0.25, 0.3) is 0 Å². The minimum atomic E-state index is -0.120. The number of hydrogen-bond acceptors (Lipinski definition) is 7. The van der Waals surface area contributed by atoms with Crippen LogP contribution in [0.3, 0.4) is 0 Å². The third-order valence-electron chi connectivity index (χ3n) is 5.07. The molecule has 1 aromatic heterocycles. The highest BCUT2D eigenvalue weighted by atomic mass is 32.2. The van der Waals surface area contributed by atoms with Gasteiger partial charge in [-0.15, -0.1) is 11.3 Å². The molecule has 0 aliphatic carbocycles. The van der Waals surface area contributed by atoms with Crippen molar-refractivity contribution in [2.45, 2.75) is 6.42 Å². The van der Waals surface area contributed by atoms with Gasteiger partial charge in [-0.2, -0.15) is 5.10 Å². The van der Waals surface area contributed by atoms with Crippen LogP contribution in [0.1, 0.15) is 20.8 Å². The van der Waals surface area contributed by atoms with Gasteiger partial charge >= 0.3 is 5.24 Å². The predicted octanol–water partition coefficient (Wildman–Crippen LogP) is 5.13. The van der Waals surface area contributed by atoms with E-state index in [2.05, 4.69) is 10.4 Å². The molecule has 0 spiro atoms. The molecule has 33 heavy (non-hydrogen) atoms. The largest absolute Gasteiger partial charge is 0.493 e. The highest BCUT2D eigenvalue weighted by molar-refractivity contribution is 8.14. The number of nitrogens with one attached hydrogen (secondary N) is 1. The Morgan fingerprint density at radius 1 is 1.09 bits per heavy atom. The van der Waals surface area contributed by atoms with Crippen molar-refractivity contribution in [1.82, 2.24) is 5.01 Å². The lowest BCUT2D eigenvalue weighted by molar-refractivity contribution is 0.103. The van der Waals surface area contributed by atoms with E-state index in [1.54, 1.807) is 20.3 Å². The zero-order chi connectivity index (χ0) is 23.2. The van der Waals surface area contributed by atoms with Gasteiger partial charge in [-0.25, -0.2) is 5.01 Å². The number of benzene rings is 2. The van der Waals surface area contributed by atoms with Gasteiger partial charge in [0.15, 0.2) is 11.5 Å². The molecule has 0 fully saturated rings. The summed E-state index contributed by atoms with van der Waals surface area (Å²) < 4.78 is 10.7. The summed E-state index contributed by atoms with van der Waals surface area (Å²) in [6.45, 7) is 0.462. The Kier molecular flexibility index (Phi) is 7.31. The van der Waals surface area contributed by atoms with E-state index in [-0.39, 0.29) is 11.1 Å². The number of carbonyl (C=O) groups excluding carboxylic acids is 2. The first kappa shape index (κ1) is 22.9. The fraction of sp³-hybridized carbons (Fsp3) is 0.208. The molecule has 9 heteroatoms. The van der Waals surface area contributed by atoms with Gasteiger partial charge in [0.1, 0.15) is 0 Å². The zero-order valence-electron chi connectivity index (χ0n) is 18.2. The maximum atomic E-state index is 12.4.